The second-order valence-electron chi connectivity index (χ2n) is 2.55. The summed E-state index contributed by atoms with van der Waals surface area (Å²) in [7, 11) is 1.80. The quantitative estimate of drug-likeness (QED) is 0.580. The highest BCUT2D eigenvalue weighted by atomic mass is 16.1. The summed E-state index contributed by atoms with van der Waals surface area (Å²) in [6.45, 7) is 0. The number of nitrogens with zero attached hydrogens (tertiary/aromatic N) is 3. The van der Waals surface area contributed by atoms with Crippen molar-refractivity contribution in [2.24, 2.45) is 7.05 Å². The van der Waals surface area contributed by atoms with Gasteiger partial charge in [0.05, 0.1) is 17.3 Å². The molecule has 0 aliphatic rings. The minimum absolute atomic E-state index is 0.576. The molecule has 0 saturated carbocycles. The normalized spacial score (nSPS) is 10.4. The maximum Gasteiger partial charge on any atom is 0.153 e. The van der Waals surface area contributed by atoms with Crippen molar-refractivity contribution in [1.82, 2.24) is 14.8 Å². The fourth-order valence-electron chi connectivity index (χ4n) is 1.25. The van der Waals surface area contributed by atoms with Crippen molar-refractivity contribution in [1.29, 1.82) is 0 Å². The molecule has 0 aromatic carbocycles. The van der Waals surface area contributed by atoms with Gasteiger partial charge in [0.1, 0.15) is 0 Å². The number of rotatable bonds is 1. The largest absolute Gasteiger partial charge is 0.298 e. The van der Waals surface area contributed by atoms with Crippen LogP contribution in [0, 0.1) is 0 Å². The number of carbonyl (C=O) groups is 1. The van der Waals surface area contributed by atoms with Gasteiger partial charge in [-0.15, -0.1) is 0 Å². The lowest BCUT2D eigenvalue weighted by molar-refractivity contribution is 0.112. The SMILES string of the molecule is Cn1ncc2cncc(C=O)c21. The highest BCUT2D eigenvalue weighted by molar-refractivity contribution is 5.94. The first-order valence-electron chi connectivity index (χ1n) is 3.54. The molecule has 4 heteroatoms. The zero-order chi connectivity index (χ0) is 8.55. The Morgan fingerprint density at radius 3 is 3.00 bits per heavy atom. The van der Waals surface area contributed by atoms with Crippen molar-refractivity contribution in [2.45, 2.75) is 0 Å². The lowest BCUT2D eigenvalue weighted by atomic mass is 10.2. The molecule has 2 aromatic heterocycles. The van der Waals surface area contributed by atoms with E-state index in [9.17, 15) is 4.79 Å². The minimum atomic E-state index is 0.576. The Balaban J connectivity index is 2.93. The predicted octanol–water partition coefficient (Wildman–Crippen LogP) is 0.781. The third-order valence-electron chi connectivity index (χ3n) is 1.79. The van der Waals surface area contributed by atoms with Crippen LogP contribution in [0.5, 0.6) is 0 Å². The van der Waals surface area contributed by atoms with Gasteiger partial charge in [-0.2, -0.15) is 5.10 Å². The van der Waals surface area contributed by atoms with Crippen molar-refractivity contribution < 1.29 is 4.79 Å². The molecule has 0 saturated heterocycles. The zero-order valence-electron chi connectivity index (χ0n) is 6.56. The second kappa shape index (κ2) is 2.41. The van der Waals surface area contributed by atoms with Crippen molar-refractivity contribution in [2.75, 3.05) is 0 Å². The summed E-state index contributed by atoms with van der Waals surface area (Å²) < 4.78 is 1.67. The Morgan fingerprint density at radius 2 is 2.25 bits per heavy atom. The fraction of sp³-hybridized carbons (Fsp3) is 0.125. The van der Waals surface area contributed by atoms with E-state index in [1.54, 1.807) is 24.1 Å². The molecule has 4 nitrogen and oxygen atoms in total. The molecule has 0 aliphatic heterocycles. The zero-order valence-corrected chi connectivity index (χ0v) is 6.56. The van der Waals surface area contributed by atoms with E-state index < -0.39 is 0 Å². The van der Waals surface area contributed by atoms with E-state index >= 15 is 0 Å². The van der Waals surface area contributed by atoms with Crippen LogP contribution in [-0.4, -0.2) is 21.1 Å². The monoisotopic (exact) mass is 161 g/mol. The summed E-state index contributed by atoms with van der Waals surface area (Å²) in [5, 5.41) is 4.91. The van der Waals surface area contributed by atoms with Gasteiger partial charge in [0.2, 0.25) is 0 Å². The van der Waals surface area contributed by atoms with Gasteiger partial charge in [0.25, 0.3) is 0 Å². The Morgan fingerprint density at radius 1 is 1.42 bits per heavy atom. The predicted molar refractivity (Wildman–Crippen MR) is 43.9 cm³/mol. The number of hydrogen-bond acceptors (Lipinski definition) is 3. The molecule has 0 N–H and O–H groups in total. The van der Waals surface area contributed by atoms with E-state index in [1.165, 1.54) is 6.20 Å². The lowest BCUT2D eigenvalue weighted by Gasteiger charge is -1.95. The average Bonchev–Trinajstić information content (AvgIpc) is 2.48. The number of pyridine rings is 1. The first-order valence-corrected chi connectivity index (χ1v) is 3.54. The molecule has 0 bridgehead atoms. The summed E-state index contributed by atoms with van der Waals surface area (Å²) in [6.07, 6.45) is 5.71. The van der Waals surface area contributed by atoms with Crippen LogP contribution < -0.4 is 0 Å². The summed E-state index contributed by atoms with van der Waals surface area (Å²) in [4.78, 5) is 14.5. The van der Waals surface area contributed by atoms with Crippen LogP contribution in [0.1, 0.15) is 10.4 Å². The topological polar surface area (TPSA) is 47.8 Å². The van der Waals surface area contributed by atoms with Gasteiger partial charge < -0.3 is 0 Å². The maximum atomic E-state index is 10.6. The summed E-state index contributed by atoms with van der Waals surface area (Å²) in [6, 6.07) is 0. The molecule has 2 heterocycles. The van der Waals surface area contributed by atoms with Crippen LogP contribution in [0.15, 0.2) is 18.6 Å². The number of carbonyl (C=O) groups excluding carboxylic acids is 1. The highest BCUT2D eigenvalue weighted by Gasteiger charge is 2.03. The first kappa shape index (κ1) is 6.97. The Bertz CT molecular complexity index is 433. The average molecular weight is 161 g/mol. The van der Waals surface area contributed by atoms with Gasteiger partial charge in [-0.1, -0.05) is 0 Å². The third kappa shape index (κ3) is 0.812. The highest BCUT2D eigenvalue weighted by Crippen LogP contribution is 2.13. The third-order valence-corrected chi connectivity index (χ3v) is 1.79. The van der Waals surface area contributed by atoms with E-state index in [-0.39, 0.29) is 0 Å². The van der Waals surface area contributed by atoms with Crippen molar-refractivity contribution in [3.63, 3.8) is 0 Å². The van der Waals surface area contributed by atoms with E-state index in [0.29, 0.717) is 5.56 Å². The molecule has 12 heavy (non-hydrogen) atoms. The number of aromatic nitrogens is 3. The van der Waals surface area contributed by atoms with Crippen molar-refractivity contribution in [3.05, 3.63) is 24.2 Å². The van der Waals surface area contributed by atoms with Crippen LogP contribution in [-0.2, 0) is 7.05 Å². The van der Waals surface area contributed by atoms with Crippen molar-refractivity contribution >= 4 is 17.2 Å². The molecule has 0 spiro atoms. The Hall–Kier alpha value is -1.71. The molecule has 2 aromatic rings. The molecule has 2 rings (SSSR count). The van der Waals surface area contributed by atoms with Crippen LogP contribution in [0.4, 0.5) is 0 Å². The smallest absolute Gasteiger partial charge is 0.153 e. The molecule has 60 valence electrons. The van der Waals surface area contributed by atoms with Crippen LogP contribution in [0.3, 0.4) is 0 Å². The lowest BCUT2D eigenvalue weighted by Crippen LogP contribution is -1.93. The Labute approximate surface area is 68.8 Å². The molecule has 0 unspecified atom stereocenters. The van der Waals surface area contributed by atoms with Gasteiger partial charge >= 0.3 is 0 Å². The van der Waals surface area contributed by atoms with Gasteiger partial charge in [-0.05, 0) is 0 Å². The van der Waals surface area contributed by atoms with Crippen LogP contribution in [0.25, 0.3) is 10.9 Å². The molecule has 0 fully saturated rings. The summed E-state index contributed by atoms with van der Waals surface area (Å²) >= 11 is 0. The summed E-state index contributed by atoms with van der Waals surface area (Å²) in [5.74, 6) is 0. The molecular weight excluding hydrogens is 154 g/mol. The minimum Gasteiger partial charge on any atom is -0.298 e. The molecule has 0 atom stereocenters. The van der Waals surface area contributed by atoms with Crippen LogP contribution in [0.2, 0.25) is 0 Å². The summed E-state index contributed by atoms with van der Waals surface area (Å²) in [5.41, 5.74) is 1.41. The van der Waals surface area contributed by atoms with E-state index in [1.807, 2.05) is 0 Å². The number of aryl methyl sites for hydroxylation is 1. The van der Waals surface area contributed by atoms with Gasteiger partial charge in [0, 0.05) is 24.8 Å². The maximum absolute atomic E-state index is 10.6. The number of aldehydes is 1. The number of fused-ring (bicyclic) bond motifs is 1. The first-order chi connectivity index (χ1) is 5.83. The van der Waals surface area contributed by atoms with Crippen LogP contribution >= 0.6 is 0 Å². The van der Waals surface area contributed by atoms with E-state index in [4.69, 9.17) is 0 Å². The second-order valence-corrected chi connectivity index (χ2v) is 2.55. The molecular formula is C8H7N3O. The molecule has 0 aliphatic carbocycles. The fourth-order valence-corrected chi connectivity index (χ4v) is 1.25. The number of hydrogen-bond donors (Lipinski definition) is 0. The van der Waals surface area contributed by atoms with E-state index in [0.717, 1.165) is 17.2 Å². The Kier molecular flexibility index (Phi) is 1.40. The standard InChI is InChI=1S/C8H7N3O/c1-11-8-6(4-10-11)2-9-3-7(8)5-12/h2-5H,1H3. The molecule has 0 radical (unpaired) electrons. The van der Waals surface area contributed by atoms with E-state index in [2.05, 4.69) is 10.1 Å². The van der Waals surface area contributed by atoms with Gasteiger partial charge in [0.15, 0.2) is 6.29 Å². The van der Waals surface area contributed by atoms with Gasteiger partial charge in [-0.25, -0.2) is 0 Å². The van der Waals surface area contributed by atoms with Gasteiger partial charge in [-0.3, -0.25) is 14.5 Å². The van der Waals surface area contributed by atoms with Crippen molar-refractivity contribution in [3.8, 4) is 0 Å². The molecule has 0 amide bonds.